The third-order valence-electron chi connectivity index (χ3n) is 5.22. The van der Waals surface area contributed by atoms with Gasteiger partial charge >= 0.3 is 6.18 Å². The summed E-state index contributed by atoms with van der Waals surface area (Å²) in [5.41, 5.74) is -0.933. The molecule has 2 unspecified atom stereocenters. The molecular formula is C19H23F3N2O2. The van der Waals surface area contributed by atoms with Crippen molar-refractivity contribution in [3.63, 3.8) is 0 Å². The number of nitrogens with one attached hydrogen (secondary N) is 1. The molecule has 26 heavy (non-hydrogen) atoms. The van der Waals surface area contributed by atoms with Gasteiger partial charge in [-0.05, 0) is 43.9 Å². The van der Waals surface area contributed by atoms with E-state index in [-0.39, 0.29) is 28.9 Å². The summed E-state index contributed by atoms with van der Waals surface area (Å²) in [7, 11) is 0. The number of halogens is 3. The lowest BCUT2D eigenvalue weighted by Gasteiger charge is -2.35. The largest absolute Gasteiger partial charge is 0.417 e. The molecule has 2 N–H and O–H groups in total. The molecule has 3 atom stereocenters. The highest BCUT2D eigenvalue weighted by atomic mass is 19.4. The second-order valence-electron chi connectivity index (χ2n) is 7.41. The fourth-order valence-electron chi connectivity index (χ4n) is 3.88. The van der Waals surface area contributed by atoms with Gasteiger partial charge in [-0.25, -0.2) is 0 Å². The van der Waals surface area contributed by atoms with Gasteiger partial charge in [0.15, 0.2) is 0 Å². The van der Waals surface area contributed by atoms with Crippen LogP contribution in [0.3, 0.4) is 0 Å². The number of H-pyrrole nitrogens is 1. The van der Waals surface area contributed by atoms with E-state index in [9.17, 15) is 23.1 Å². The molecule has 1 fully saturated rings. The zero-order valence-electron chi connectivity index (χ0n) is 15.0. The number of pyridine rings is 1. The van der Waals surface area contributed by atoms with Gasteiger partial charge in [-0.2, -0.15) is 13.2 Å². The Morgan fingerprint density at radius 3 is 2.54 bits per heavy atom. The fraction of sp³-hybridized carbons (Fsp3) is 0.526. The number of nitrogens with zero attached hydrogens (tertiary/aromatic N) is 1. The molecule has 4 nitrogen and oxygen atoms in total. The van der Waals surface area contributed by atoms with Crippen molar-refractivity contribution in [3.8, 4) is 0 Å². The standard InChI is InChI=1S/C19H23F3N2O2/c1-10(2)18(26)16-7-4-11(3)24(16)12-5-6-15-13(8-12)14(19(20,21)22)9-17(25)23-15/h5-6,8-11,16,18,26H,4,7H2,1-3H3,(H,23,25)/t11?,16?,18-/m1/s1. The normalized spacial score (nSPS) is 22.4. The molecule has 142 valence electrons. The van der Waals surface area contributed by atoms with Crippen LogP contribution < -0.4 is 10.5 Å². The van der Waals surface area contributed by atoms with Crippen LogP contribution in [0.15, 0.2) is 29.1 Å². The first kappa shape index (κ1) is 18.8. The van der Waals surface area contributed by atoms with E-state index in [4.69, 9.17) is 0 Å². The number of rotatable bonds is 3. The SMILES string of the molecule is CC(C)[C@@H](O)C1CCC(C)N1c1ccc2[nH]c(=O)cc(C(F)(F)F)c2c1. The van der Waals surface area contributed by atoms with Gasteiger partial charge in [0.1, 0.15) is 0 Å². The van der Waals surface area contributed by atoms with Crippen molar-refractivity contribution in [2.24, 2.45) is 5.92 Å². The lowest BCUT2D eigenvalue weighted by Crippen LogP contribution is -2.44. The Kier molecular flexibility index (Phi) is 4.77. The summed E-state index contributed by atoms with van der Waals surface area (Å²) in [4.78, 5) is 16.0. The molecule has 0 amide bonds. The number of benzene rings is 1. The maximum absolute atomic E-state index is 13.4. The van der Waals surface area contributed by atoms with Crippen LogP contribution in [0.2, 0.25) is 0 Å². The molecule has 1 saturated heterocycles. The van der Waals surface area contributed by atoms with Gasteiger partial charge in [0.2, 0.25) is 5.56 Å². The van der Waals surface area contributed by atoms with Crippen LogP contribution in [0.1, 0.15) is 39.2 Å². The number of alkyl halides is 3. The number of hydrogen-bond donors (Lipinski definition) is 2. The summed E-state index contributed by atoms with van der Waals surface area (Å²) in [6.07, 6.45) is -3.52. The van der Waals surface area contributed by atoms with Gasteiger partial charge in [-0.3, -0.25) is 4.79 Å². The third kappa shape index (κ3) is 3.32. The summed E-state index contributed by atoms with van der Waals surface area (Å²) < 4.78 is 40.2. The van der Waals surface area contributed by atoms with Crippen molar-refractivity contribution >= 4 is 16.6 Å². The van der Waals surface area contributed by atoms with Crippen LogP contribution in [-0.4, -0.2) is 28.3 Å². The van der Waals surface area contributed by atoms with Gasteiger partial charge in [-0.1, -0.05) is 13.8 Å². The Hall–Kier alpha value is -2.02. The second kappa shape index (κ2) is 6.61. The number of aromatic amines is 1. The third-order valence-corrected chi connectivity index (χ3v) is 5.22. The summed E-state index contributed by atoms with van der Waals surface area (Å²) in [5, 5.41) is 10.5. The Morgan fingerprint density at radius 2 is 1.92 bits per heavy atom. The van der Waals surface area contributed by atoms with Gasteiger partial charge in [0.05, 0.1) is 17.7 Å². The lowest BCUT2D eigenvalue weighted by molar-refractivity contribution is -0.136. The Morgan fingerprint density at radius 1 is 1.23 bits per heavy atom. The molecule has 2 aromatic rings. The number of aliphatic hydroxyl groups excluding tert-OH is 1. The summed E-state index contributed by atoms with van der Waals surface area (Å²) in [5.74, 6) is 0.0512. The summed E-state index contributed by atoms with van der Waals surface area (Å²) in [6.45, 7) is 5.87. The first-order valence-corrected chi connectivity index (χ1v) is 8.80. The van der Waals surface area contributed by atoms with Crippen LogP contribution in [-0.2, 0) is 6.18 Å². The van der Waals surface area contributed by atoms with E-state index >= 15 is 0 Å². The fourth-order valence-corrected chi connectivity index (χ4v) is 3.88. The first-order chi connectivity index (χ1) is 12.1. The lowest BCUT2D eigenvalue weighted by atomic mass is 9.97. The van der Waals surface area contributed by atoms with Crippen molar-refractivity contribution in [3.05, 3.63) is 40.2 Å². The highest BCUT2D eigenvalue weighted by Crippen LogP contribution is 2.38. The zero-order valence-corrected chi connectivity index (χ0v) is 15.0. The van der Waals surface area contributed by atoms with E-state index in [1.165, 1.54) is 12.1 Å². The van der Waals surface area contributed by atoms with E-state index < -0.39 is 23.4 Å². The minimum absolute atomic E-state index is 0.0357. The molecule has 7 heteroatoms. The predicted octanol–water partition coefficient (Wildman–Crippen LogP) is 3.92. The van der Waals surface area contributed by atoms with E-state index in [0.29, 0.717) is 11.8 Å². The highest BCUT2D eigenvalue weighted by Gasteiger charge is 2.38. The monoisotopic (exact) mass is 368 g/mol. The van der Waals surface area contributed by atoms with Crippen molar-refractivity contribution in [1.82, 2.24) is 4.98 Å². The molecule has 2 heterocycles. The van der Waals surface area contributed by atoms with Gasteiger partial charge < -0.3 is 15.0 Å². The molecule has 0 aliphatic carbocycles. The van der Waals surface area contributed by atoms with E-state index in [0.717, 1.165) is 12.8 Å². The molecule has 3 rings (SSSR count). The van der Waals surface area contributed by atoms with E-state index in [1.807, 2.05) is 25.7 Å². The Bertz CT molecular complexity index is 860. The highest BCUT2D eigenvalue weighted by molar-refractivity contribution is 5.86. The smallest absolute Gasteiger partial charge is 0.391 e. The maximum atomic E-state index is 13.4. The van der Waals surface area contributed by atoms with Crippen LogP contribution in [0, 0.1) is 5.92 Å². The minimum Gasteiger partial charge on any atom is -0.391 e. The first-order valence-electron chi connectivity index (χ1n) is 8.80. The van der Waals surface area contributed by atoms with E-state index in [2.05, 4.69) is 4.98 Å². The number of fused-ring (bicyclic) bond motifs is 1. The second-order valence-corrected chi connectivity index (χ2v) is 7.41. The molecule has 0 saturated carbocycles. The maximum Gasteiger partial charge on any atom is 0.417 e. The molecule has 1 aliphatic rings. The number of aliphatic hydroxyl groups is 1. The Labute approximate surface area is 149 Å². The molecule has 1 aromatic carbocycles. The summed E-state index contributed by atoms with van der Waals surface area (Å²) >= 11 is 0. The molecule has 0 radical (unpaired) electrons. The van der Waals surface area contributed by atoms with Gasteiger partial charge in [-0.15, -0.1) is 0 Å². The van der Waals surface area contributed by atoms with Gasteiger partial charge in [0, 0.05) is 28.7 Å². The van der Waals surface area contributed by atoms with Crippen molar-refractivity contribution in [1.29, 1.82) is 0 Å². The minimum atomic E-state index is -4.61. The average molecular weight is 368 g/mol. The van der Waals surface area contributed by atoms with E-state index in [1.54, 1.807) is 6.07 Å². The zero-order chi connectivity index (χ0) is 19.2. The van der Waals surface area contributed by atoms with Crippen LogP contribution in [0.4, 0.5) is 18.9 Å². The van der Waals surface area contributed by atoms with Crippen molar-refractivity contribution in [2.45, 2.75) is 58.0 Å². The van der Waals surface area contributed by atoms with Crippen molar-refractivity contribution in [2.75, 3.05) is 4.90 Å². The molecule has 0 spiro atoms. The summed E-state index contributed by atoms with van der Waals surface area (Å²) in [6, 6.07) is 5.25. The number of anilines is 1. The molecule has 1 aromatic heterocycles. The van der Waals surface area contributed by atoms with Crippen LogP contribution in [0.5, 0.6) is 0 Å². The average Bonchev–Trinajstić information content (AvgIpc) is 2.93. The van der Waals surface area contributed by atoms with Crippen molar-refractivity contribution < 1.29 is 18.3 Å². The number of aromatic nitrogens is 1. The van der Waals surface area contributed by atoms with Crippen LogP contribution >= 0.6 is 0 Å². The predicted molar refractivity (Wildman–Crippen MR) is 95.4 cm³/mol. The molecule has 0 bridgehead atoms. The quantitative estimate of drug-likeness (QED) is 0.863. The Balaban J connectivity index is 2.13. The van der Waals surface area contributed by atoms with Crippen LogP contribution in [0.25, 0.3) is 10.9 Å². The topological polar surface area (TPSA) is 56.3 Å². The molecule has 1 aliphatic heterocycles. The molecular weight excluding hydrogens is 345 g/mol. The van der Waals surface area contributed by atoms with Gasteiger partial charge in [0.25, 0.3) is 0 Å². The number of hydrogen-bond acceptors (Lipinski definition) is 3.